The molecule has 0 aliphatic rings. The van der Waals surface area contributed by atoms with Crippen LogP contribution in [0.3, 0.4) is 0 Å². The quantitative estimate of drug-likeness (QED) is 0.121. The molecule has 0 atom stereocenters. The van der Waals surface area contributed by atoms with Gasteiger partial charge in [0.1, 0.15) is 0 Å². The lowest BCUT2D eigenvalue weighted by Gasteiger charge is -2.13. The fourth-order valence-corrected chi connectivity index (χ4v) is 15.2. The molecular weight excluding hydrogens is 1290 g/mol. The fraction of sp³-hybridized carbons (Fsp3) is 0.0103. The second kappa shape index (κ2) is 26.9. The topological polar surface area (TPSA) is 92.1 Å². The summed E-state index contributed by atoms with van der Waals surface area (Å²) >= 11 is 0. The lowest BCUT2D eigenvalue weighted by molar-refractivity contribution is 1.07. The van der Waals surface area contributed by atoms with E-state index in [0.717, 1.165) is 83.7 Å². The predicted molar refractivity (Wildman–Crippen MR) is 436 cm³/mol. The summed E-state index contributed by atoms with van der Waals surface area (Å²) in [6.45, 7) is 2.18. The summed E-state index contributed by atoms with van der Waals surface area (Å²) in [5, 5.41) is 7.30. The molecule has 0 fully saturated rings. The average Bonchev–Trinajstić information content (AvgIpc) is 1.57. The molecule has 20 rings (SSSR count). The average molecular weight is 1360 g/mol. The van der Waals surface area contributed by atoms with Crippen LogP contribution < -0.4 is 0 Å². The van der Waals surface area contributed by atoms with Crippen LogP contribution in [-0.2, 0) is 0 Å². The third-order valence-corrected chi connectivity index (χ3v) is 20.2. The van der Waals surface area contributed by atoms with Gasteiger partial charge in [0, 0.05) is 82.8 Å². The highest BCUT2D eigenvalue weighted by Crippen LogP contribution is 2.45. The number of nitrogens with zero attached hydrogens (tertiary/aromatic N) is 9. The number of fused-ring (bicyclic) bond motifs is 9. The van der Waals surface area contributed by atoms with Crippen LogP contribution in [-0.4, -0.2) is 43.6 Å². The summed E-state index contributed by atoms with van der Waals surface area (Å²) in [4.78, 5) is 30.0. The van der Waals surface area contributed by atoms with E-state index in [1.165, 1.54) is 71.1 Å². The normalized spacial score (nSPS) is 11.4. The highest BCUT2D eigenvalue weighted by Gasteiger charge is 2.23. The van der Waals surface area contributed by atoms with Gasteiger partial charge in [-0.25, -0.2) is 29.9 Å². The number of benzene rings is 15. The van der Waals surface area contributed by atoms with Gasteiger partial charge < -0.3 is 13.7 Å². The summed E-state index contributed by atoms with van der Waals surface area (Å²) < 4.78 is 7.17. The maximum atomic E-state index is 5.05. The van der Waals surface area contributed by atoms with Crippen molar-refractivity contribution in [3.63, 3.8) is 0 Å². The molecule has 0 amide bonds. The van der Waals surface area contributed by atoms with Crippen LogP contribution in [0.2, 0.25) is 0 Å². The molecule has 0 spiro atoms. The lowest BCUT2D eigenvalue weighted by Crippen LogP contribution is -2.00. The number of hydrogen-bond acceptors (Lipinski definition) is 6. The molecule has 0 unspecified atom stereocenters. The van der Waals surface area contributed by atoms with E-state index in [4.69, 9.17) is 29.9 Å². The summed E-state index contributed by atoms with van der Waals surface area (Å²) in [5.41, 5.74) is 24.2. The molecule has 0 saturated carbocycles. The summed E-state index contributed by atoms with van der Waals surface area (Å²) in [6.07, 6.45) is 0. The Balaban J connectivity index is 0.000000146. The van der Waals surface area contributed by atoms with Crippen molar-refractivity contribution in [2.24, 2.45) is 0 Å². The van der Waals surface area contributed by atoms with Gasteiger partial charge in [-0.15, -0.1) is 0 Å². The zero-order chi connectivity index (χ0) is 70.4. The smallest absolute Gasteiger partial charge is 0.164 e. The molecule has 15 aromatic carbocycles. The van der Waals surface area contributed by atoms with E-state index in [2.05, 4.69) is 275 Å². The molecule has 498 valence electrons. The van der Waals surface area contributed by atoms with Gasteiger partial charge in [-0.1, -0.05) is 285 Å². The van der Waals surface area contributed by atoms with Crippen molar-refractivity contribution >= 4 is 65.4 Å². The Kier molecular flexibility index (Phi) is 15.9. The van der Waals surface area contributed by atoms with E-state index in [-0.39, 0.29) is 0 Å². The minimum Gasteiger partial charge on any atom is -0.309 e. The van der Waals surface area contributed by atoms with Crippen LogP contribution in [0.25, 0.3) is 184 Å². The number of para-hydroxylation sites is 4. The monoisotopic (exact) mass is 1360 g/mol. The molecule has 0 saturated heterocycles. The second-order valence-electron chi connectivity index (χ2n) is 26.6. The molecule has 106 heavy (non-hydrogen) atoms. The third kappa shape index (κ3) is 11.4. The van der Waals surface area contributed by atoms with Gasteiger partial charge in [0.25, 0.3) is 0 Å². The molecule has 9 heteroatoms. The molecule has 9 nitrogen and oxygen atoms in total. The van der Waals surface area contributed by atoms with E-state index in [1.54, 1.807) is 0 Å². The van der Waals surface area contributed by atoms with Crippen molar-refractivity contribution in [1.82, 2.24) is 43.6 Å². The molecule has 0 radical (unpaired) electrons. The zero-order valence-corrected chi connectivity index (χ0v) is 57.8. The van der Waals surface area contributed by atoms with Crippen molar-refractivity contribution in [1.29, 1.82) is 0 Å². The molecule has 0 aliphatic heterocycles. The maximum absolute atomic E-state index is 5.05. The highest BCUT2D eigenvalue weighted by molar-refractivity contribution is 6.18. The Labute approximate surface area is 612 Å². The fourth-order valence-electron chi connectivity index (χ4n) is 15.2. The maximum Gasteiger partial charge on any atom is 0.164 e. The zero-order valence-electron chi connectivity index (χ0n) is 57.8. The Morgan fingerprint density at radius 2 is 0.509 bits per heavy atom. The van der Waals surface area contributed by atoms with E-state index in [1.807, 2.05) is 121 Å². The van der Waals surface area contributed by atoms with Crippen molar-refractivity contribution in [2.75, 3.05) is 0 Å². The van der Waals surface area contributed by atoms with Crippen molar-refractivity contribution in [2.45, 2.75) is 6.92 Å². The Morgan fingerprint density at radius 3 is 1.00 bits per heavy atom. The van der Waals surface area contributed by atoms with E-state index in [0.29, 0.717) is 34.9 Å². The van der Waals surface area contributed by atoms with Crippen LogP contribution in [0.5, 0.6) is 0 Å². The van der Waals surface area contributed by atoms with Crippen molar-refractivity contribution < 1.29 is 0 Å². The molecular formula is C97H65N9. The van der Waals surface area contributed by atoms with Gasteiger partial charge in [-0.2, -0.15) is 0 Å². The molecule has 0 N–H and O–H groups in total. The number of hydrogen-bond donors (Lipinski definition) is 0. The Morgan fingerprint density at radius 1 is 0.179 bits per heavy atom. The summed E-state index contributed by atoms with van der Waals surface area (Å²) in [6, 6.07) is 132. The minimum absolute atomic E-state index is 0.632. The highest BCUT2D eigenvalue weighted by atomic mass is 15.1. The second-order valence-corrected chi connectivity index (χ2v) is 26.6. The first-order valence-corrected chi connectivity index (χ1v) is 35.7. The number of aromatic nitrogens is 9. The van der Waals surface area contributed by atoms with Crippen LogP contribution in [0, 0.1) is 6.92 Å². The van der Waals surface area contributed by atoms with Crippen molar-refractivity contribution in [3.05, 3.63) is 382 Å². The van der Waals surface area contributed by atoms with Gasteiger partial charge in [0.2, 0.25) is 0 Å². The third-order valence-electron chi connectivity index (χ3n) is 20.2. The summed E-state index contributed by atoms with van der Waals surface area (Å²) in [5.74, 6) is 3.86. The first-order chi connectivity index (χ1) is 52.5. The van der Waals surface area contributed by atoms with Gasteiger partial charge in [-0.05, 0) is 137 Å². The standard InChI is InChI=1S/C51H33N5.C46H32N4/c1-4-16-34(17-5-1)49-52-50(35-18-6-2-7-19-35)54-51(53-49)37-21-14-20-36(32-37)40-26-15-29-47-48(40)43-33-39(30-31-46(43)55(47)38-22-8-3-9-23-38)56-44-27-12-10-24-41(44)42-25-11-13-28-45(42)56;1-31-25-26-36(46-48-44(33-17-8-3-9-18-33)47-45(49-46)34-19-10-4-11-20-34)30-39(31)38-23-14-24-42-43(38)40-29-35(32-15-6-2-7-16-32)27-28-41(40)50(42)37-21-12-5-13-22-37/h1-33H;2-30H,1H3. The first kappa shape index (κ1) is 62.7. The molecule has 5 heterocycles. The van der Waals surface area contributed by atoms with Crippen LogP contribution in [0.15, 0.2) is 376 Å². The van der Waals surface area contributed by atoms with E-state index < -0.39 is 0 Å². The Bertz CT molecular complexity index is 6510. The SMILES string of the molecule is Cc1ccc(-c2nc(-c3ccccc3)nc(-c3ccccc3)n2)cc1-c1cccc2c1c1cc(-c3ccccc3)ccc1n2-c1ccccc1.c1ccc(-c2nc(-c3ccccc3)nc(-c3cccc(-c4cccc5c4c4cc(-n6c7ccccc7c7ccccc76)ccc4n5-c4ccccc4)c3)n2)cc1. The molecule has 0 aliphatic carbocycles. The van der Waals surface area contributed by atoms with Crippen LogP contribution in [0.4, 0.5) is 0 Å². The number of rotatable bonds is 12. The lowest BCUT2D eigenvalue weighted by atomic mass is 9.93. The Hall–Kier alpha value is -14.3. The summed E-state index contributed by atoms with van der Waals surface area (Å²) in [7, 11) is 0. The van der Waals surface area contributed by atoms with Crippen molar-refractivity contribution in [3.8, 4) is 119 Å². The predicted octanol–water partition coefficient (Wildman–Crippen LogP) is 24.3. The minimum atomic E-state index is 0.632. The van der Waals surface area contributed by atoms with Gasteiger partial charge in [0.05, 0.1) is 33.1 Å². The van der Waals surface area contributed by atoms with E-state index in [9.17, 15) is 0 Å². The molecule has 0 bridgehead atoms. The van der Waals surface area contributed by atoms with Crippen LogP contribution >= 0.6 is 0 Å². The van der Waals surface area contributed by atoms with Gasteiger partial charge in [-0.3, -0.25) is 0 Å². The van der Waals surface area contributed by atoms with Gasteiger partial charge >= 0.3 is 0 Å². The molecule has 20 aromatic rings. The van der Waals surface area contributed by atoms with Crippen LogP contribution in [0.1, 0.15) is 5.56 Å². The largest absolute Gasteiger partial charge is 0.309 e. The number of aryl methyl sites for hydroxylation is 1. The van der Waals surface area contributed by atoms with Gasteiger partial charge in [0.15, 0.2) is 34.9 Å². The first-order valence-electron chi connectivity index (χ1n) is 35.7. The van der Waals surface area contributed by atoms with E-state index >= 15 is 0 Å². The molecule has 5 aromatic heterocycles.